The molecule has 27 heavy (non-hydrogen) atoms. The van der Waals surface area contributed by atoms with Crippen molar-refractivity contribution in [1.29, 1.82) is 0 Å². The molecule has 0 amide bonds. The SMILES string of the molecule is CCCCCCCCCCCCCCCCCCc1ccccc1[SiH](Cl)Cl. The first-order valence-corrected chi connectivity index (χ1v) is 15.7. The van der Waals surface area contributed by atoms with Gasteiger partial charge in [-0.25, -0.2) is 0 Å². The van der Waals surface area contributed by atoms with E-state index in [-0.39, 0.29) is 0 Å². The molecule has 0 aliphatic carbocycles. The predicted octanol–water partition coefficient (Wildman–Crippen LogP) is 8.40. The van der Waals surface area contributed by atoms with Crippen LogP contribution in [0.3, 0.4) is 0 Å². The predicted molar refractivity (Wildman–Crippen MR) is 128 cm³/mol. The van der Waals surface area contributed by atoms with Crippen LogP contribution >= 0.6 is 22.2 Å². The molecule has 0 aliphatic heterocycles. The molecule has 3 heteroatoms. The number of benzene rings is 1. The summed E-state index contributed by atoms with van der Waals surface area (Å²) in [6.45, 7) is 2.29. The van der Waals surface area contributed by atoms with Gasteiger partial charge in [0.2, 0.25) is 0 Å². The number of halogens is 2. The monoisotopic (exact) mass is 428 g/mol. The first-order valence-electron chi connectivity index (χ1n) is 11.6. The van der Waals surface area contributed by atoms with Crippen molar-refractivity contribution in [3.05, 3.63) is 29.8 Å². The zero-order valence-corrected chi connectivity index (χ0v) is 20.3. The first-order chi connectivity index (χ1) is 13.3. The molecule has 1 aromatic carbocycles. The molecular formula is C24H42Cl2Si. The van der Waals surface area contributed by atoms with E-state index in [1.165, 1.54) is 113 Å². The topological polar surface area (TPSA) is 0 Å². The highest BCUT2D eigenvalue weighted by molar-refractivity contribution is 7.39. The summed E-state index contributed by atoms with van der Waals surface area (Å²) >= 11 is 12.4. The van der Waals surface area contributed by atoms with Gasteiger partial charge in [-0.15, -0.1) is 22.2 Å². The van der Waals surface area contributed by atoms with E-state index in [1.807, 2.05) is 0 Å². The van der Waals surface area contributed by atoms with Crippen LogP contribution in [0.5, 0.6) is 0 Å². The van der Waals surface area contributed by atoms with E-state index in [0.717, 1.165) is 6.42 Å². The molecule has 0 N–H and O–H groups in total. The average molecular weight is 430 g/mol. The normalized spacial score (nSPS) is 11.4. The van der Waals surface area contributed by atoms with Crippen LogP contribution in [0.2, 0.25) is 0 Å². The maximum absolute atomic E-state index is 6.19. The van der Waals surface area contributed by atoms with Gasteiger partial charge < -0.3 is 0 Å². The van der Waals surface area contributed by atoms with Crippen LogP contribution in [0, 0.1) is 0 Å². The standard InChI is InChI=1S/C24H42Cl2Si/c1-2-3-4-5-6-7-8-9-10-11-12-13-14-15-16-17-20-23-21-18-19-22-24(23)27(25)26/h18-19,21-22,27H,2-17,20H2,1H3. The van der Waals surface area contributed by atoms with Gasteiger partial charge in [0.05, 0.1) is 0 Å². The highest BCUT2D eigenvalue weighted by Crippen LogP contribution is 2.14. The van der Waals surface area contributed by atoms with Crippen molar-refractivity contribution in [1.82, 2.24) is 0 Å². The Bertz CT molecular complexity index is 448. The Morgan fingerprint density at radius 1 is 0.593 bits per heavy atom. The summed E-state index contributed by atoms with van der Waals surface area (Å²) in [7, 11) is -1.72. The van der Waals surface area contributed by atoms with Crippen LogP contribution in [-0.4, -0.2) is 7.42 Å². The lowest BCUT2D eigenvalue weighted by atomic mass is 10.0. The molecule has 1 rings (SSSR count). The lowest BCUT2D eigenvalue weighted by Crippen LogP contribution is -2.22. The minimum atomic E-state index is -1.72. The van der Waals surface area contributed by atoms with Crippen molar-refractivity contribution in [3.63, 3.8) is 0 Å². The van der Waals surface area contributed by atoms with Gasteiger partial charge in [-0.2, -0.15) is 0 Å². The molecule has 0 nitrogen and oxygen atoms in total. The van der Waals surface area contributed by atoms with E-state index in [0.29, 0.717) is 0 Å². The molecule has 0 saturated carbocycles. The number of rotatable bonds is 18. The molecule has 0 aliphatic rings. The average Bonchev–Trinajstić information content (AvgIpc) is 2.68. The van der Waals surface area contributed by atoms with Gasteiger partial charge in [0.15, 0.2) is 0 Å². The van der Waals surface area contributed by atoms with Gasteiger partial charge in [-0.3, -0.25) is 0 Å². The number of hydrogen-bond acceptors (Lipinski definition) is 0. The fraction of sp³-hybridized carbons (Fsp3) is 0.750. The molecular weight excluding hydrogens is 387 g/mol. The van der Waals surface area contributed by atoms with Crippen molar-refractivity contribution in [3.8, 4) is 0 Å². The molecule has 0 atom stereocenters. The molecule has 1 aromatic rings. The van der Waals surface area contributed by atoms with Crippen LogP contribution in [-0.2, 0) is 6.42 Å². The highest BCUT2D eigenvalue weighted by Gasteiger charge is 2.10. The van der Waals surface area contributed by atoms with Crippen LogP contribution in [0.15, 0.2) is 24.3 Å². The van der Waals surface area contributed by atoms with E-state index in [1.54, 1.807) is 0 Å². The number of unbranched alkanes of at least 4 members (excludes halogenated alkanes) is 15. The van der Waals surface area contributed by atoms with E-state index in [2.05, 4.69) is 31.2 Å². The van der Waals surface area contributed by atoms with Crippen LogP contribution < -0.4 is 5.19 Å². The maximum Gasteiger partial charge on any atom is 0.266 e. The molecule has 0 unspecified atom stereocenters. The molecule has 156 valence electrons. The first kappa shape index (κ1) is 25.1. The quantitative estimate of drug-likeness (QED) is 0.125. The Balaban J connectivity index is 1.85. The van der Waals surface area contributed by atoms with Gasteiger partial charge in [-0.05, 0) is 23.6 Å². The molecule has 0 radical (unpaired) electrons. The minimum absolute atomic E-state index is 1.14. The van der Waals surface area contributed by atoms with Crippen LogP contribution in [0.4, 0.5) is 0 Å². The Morgan fingerprint density at radius 2 is 1.00 bits per heavy atom. The van der Waals surface area contributed by atoms with Gasteiger partial charge in [0.1, 0.15) is 0 Å². The van der Waals surface area contributed by atoms with E-state index in [9.17, 15) is 0 Å². The number of aryl methyl sites for hydroxylation is 1. The Kier molecular flexibility index (Phi) is 16.8. The van der Waals surface area contributed by atoms with E-state index >= 15 is 0 Å². The van der Waals surface area contributed by atoms with Gasteiger partial charge in [0, 0.05) is 0 Å². The van der Waals surface area contributed by atoms with Gasteiger partial charge >= 0.3 is 0 Å². The van der Waals surface area contributed by atoms with E-state index < -0.39 is 7.42 Å². The zero-order valence-electron chi connectivity index (χ0n) is 17.7. The van der Waals surface area contributed by atoms with E-state index in [4.69, 9.17) is 22.2 Å². The largest absolute Gasteiger partial charge is 0.266 e. The zero-order chi connectivity index (χ0) is 19.6. The van der Waals surface area contributed by atoms with Gasteiger partial charge in [-0.1, -0.05) is 128 Å². The fourth-order valence-electron chi connectivity index (χ4n) is 3.84. The summed E-state index contributed by atoms with van der Waals surface area (Å²) in [4.78, 5) is 0. The van der Waals surface area contributed by atoms with Crippen molar-refractivity contribution < 1.29 is 0 Å². The summed E-state index contributed by atoms with van der Waals surface area (Å²) in [6.07, 6.45) is 23.8. The summed E-state index contributed by atoms with van der Waals surface area (Å²) in [6, 6.07) is 8.47. The number of hydrogen-bond donors (Lipinski definition) is 0. The third-order valence-corrected chi connectivity index (χ3v) is 8.03. The Morgan fingerprint density at radius 3 is 1.44 bits per heavy atom. The van der Waals surface area contributed by atoms with Crippen molar-refractivity contribution in [2.45, 2.75) is 116 Å². The molecule has 0 fully saturated rings. The summed E-state index contributed by atoms with van der Waals surface area (Å²) in [5.74, 6) is 0. The van der Waals surface area contributed by atoms with Crippen molar-refractivity contribution in [2.24, 2.45) is 0 Å². The molecule has 0 spiro atoms. The minimum Gasteiger partial charge on any atom is -0.144 e. The summed E-state index contributed by atoms with van der Waals surface area (Å²) < 4.78 is 0. The van der Waals surface area contributed by atoms with Gasteiger partial charge in [0.25, 0.3) is 7.42 Å². The van der Waals surface area contributed by atoms with Crippen molar-refractivity contribution >= 4 is 34.8 Å². The molecule has 0 bridgehead atoms. The second-order valence-corrected chi connectivity index (χ2v) is 12.6. The molecule has 0 saturated heterocycles. The van der Waals surface area contributed by atoms with Crippen LogP contribution in [0.25, 0.3) is 0 Å². The molecule has 0 aromatic heterocycles. The summed E-state index contributed by atoms with van der Waals surface area (Å²) in [5, 5.41) is 1.22. The maximum atomic E-state index is 6.19. The third kappa shape index (κ3) is 13.8. The third-order valence-electron chi connectivity index (χ3n) is 5.59. The fourth-order valence-corrected chi connectivity index (χ4v) is 5.89. The Hall–Kier alpha value is 0.0169. The second kappa shape index (κ2) is 18.1. The highest BCUT2D eigenvalue weighted by atomic mass is 35.7. The smallest absolute Gasteiger partial charge is 0.144 e. The summed E-state index contributed by atoms with van der Waals surface area (Å²) in [5.41, 5.74) is 1.38. The molecule has 0 heterocycles. The second-order valence-electron chi connectivity index (χ2n) is 8.05. The lowest BCUT2D eigenvalue weighted by Gasteiger charge is -2.09. The lowest BCUT2D eigenvalue weighted by molar-refractivity contribution is 0.529. The van der Waals surface area contributed by atoms with Crippen LogP contribution in [0.1, 0.15) is 115 Å². The van der Waals surface area contributed by atoms with Crippen molar-refractivity contribution in [2.75, 3.05) is 0 Å². The Labute approximate surface area is 180 Å².